The van der Waals surface area contributed by atoms with Crippen LogP contribution in [0.25, 0.3) is 0 Å². The summed E-state index contributed by atoms with van der Waals surface area (Å²) in [5.41, 5.74) is 1.66. The summed E-state index contributed by atoms with van der Waals surface area (Å²) in [5.74, 6) is 0.186. The largest absolute Gasteiger partial charge is 0.445 e. The summed E-state index contributed by atoms with van der Waals surface area (Å²) in [5, 5.41) is 0.658. The smallest absolute Gasteiger partial charge is 0.200 e. The van der Waals surface area contributed by atoms with E-state index in [1.165, 1.54) is 23.5 Å². The van der Waals surface area contributed by atoms with E-state index in [0.717, 1.165) is 0 Å². The van der Waals surface area contributed by atoms with Crippen LogP contribution < -0.4 is 4.74 Å². The lowest BCUT2D eigenvalue weighted by molar-refractivity contribution is 0.488. The molecule has 0 aliphatic carbocycles. The summed E-state index contributed by atoms with van der Waals surface area (Å²) in [6.07, 6.45) is 1.59. The summed E-state index contributed by atoms with van der Waals surface area (Å²) in [6, 6.07) is 6.01. The second-order valence-corrected chi connectivity index (χ2v) is 3.23. The van der Waals surface area contributed by atoms with Gasteiger partial charge in [0.1, 0.15) is 11.6 Å². The van der Waals surface area contributed by atoms with E-state index >= 15 is 0 Å². The van der Waals surface area contributed by atoms with Crippen molar-refractivity contribution in [2.24, 2.45) is 0 Å². The number of aromatic nitrogens is 1. The van der Waals surface area contributed by atoms with Crippen LogP contribution in [0.15, 0.2) is 36.0 Å². The first-order chi connectivity index (χ1) is 6.34. The zero-order chi connectivity index (χ0) is 9.10. The molecular formula is C9H6FNOS. The van der Waals surface area contributed by atoms with E-state index < -0.39 is 0 Å². The van der Waals surface area contributed by atoms with Crippen LogP contribution in [-0.2, 0) is 0 Å². The lowest BCUT2D eigenvalue weighted by Gasteiger charge is -2.00. The van der Waals surface area contributed by atoms with Crippen molar-refractivity contribution in [3.05, 3.63) is 41.8 Å². The standard InChI is InChI=1S/C9H6FNOS/c10-7-2-1-3-8(4-7)12-9-5-11-6-13-9/h1-6H. The third-order valence-corrected chi connectivity index (χ3v) is 2.07. The molecule has 2 rings (SSSR count). The summed E-state index contributed by atoms with van der Waals surface area (Å²) >= 11 is 1.37. The number of nitrogens with zero attached hydrogens (tertiary/aromatic N) is 1. The van der Waals surface area contributed by atoms with Gasteiger partial charge >= 0.3 is 0 Å². The minimum absolute atomic E-state index is 0.304. The second kappa shape index (κ2) is 3.53. The number of halogens is 1. The Labute approximate surface area is 78.6 Å². The number of hydrogen-bond acceptors (Lipinski definition) is 3. The first kappa shape index (κ1) is 8.19. The highest BCUT2D eigenvalue weighted by Gasteiger charge is 1.98. The van der Waals surface area contributed by atoms with Gasteiger partial charge < -0.3 is 4.74 Å². The first-order valence-electron chi connectivity index (χ1n) is 3.66. The van der Waals surface area contributed by atoms with Gasteiger partial charge in [-0.3, -0.25) is 0 Å². The molecule has 0 bridgehead atoms. The van der Waals surface area contributed by atoms with Gasteiger partial charge in [-0.15, -0.1) is 0 Å². The molecule has 0 amide bonds. The van der Waals surface area contributed by atoms with Gasteiger partial charge in [-0.05, 0) is 12.1 Å². The average molecular weight is 195 g/mol. The van der Waals surface area contributed by atoms with E-state index in [4.69, 9.17) is 4.74 Å². The highest BCUT2D eigenvalue weighted by molar-refractivity contribution is 7.11. The predicted octanol–water partition coefficient (Wildman–Crippen LogP) is 3.07. The molecular weight excluding hydrogens is 189 g/mol. The monoisotopic (exact) mass is 195 g/mol. The zero-order valence-corrected chi connectivity index (χ0v) is 7.42. The van der Waals surface area contributed by atoms with Crippen LogP contribution in [0.5, 0.6) is 10.8 Å². The van der Waals surface area contributed by atoms with Gasteiger partial charge in [-0.2, -0.15) is 0 Å². The number of benzene rings is 1. The van der Waals surface area contributed by atoms with E-state index in [9.17, 15) is 4.39 Å². The molecule has 66 valence electrons. The highest BCUT2D eigenvalue weighted by Crippen LogP contribution is 2.24. The Bertz CT molecular complexity index is 388. The zero-order valence-electron chi connectivity index (χ0n) is 6.61. The molecule has 0 unspecified atom stereocenters. The van der Waals surface area contributed by atoms with Crippen molar-refractivity contribution in [2.45, 2.75) is 0 Å². The van der Waals surface area contributed by atoms with Gasteiger partial charge in [-0.1, -0.05) is 17.4 Å². The molecule has 0 radical (unpaired) electrons. The molecule has 4 heteroatoms. The Kier molecular flexibility index (Phi) is 2.23. The quantitative estimate of drug-likeness (QED) is 0.734. The number of thiazole rings is 1. The normalized spacial score (nSPS) is 9.92. The molecule has 2 aromatic rings. The molecule has 0 atom stereocenters. The predicted molar refractivity (Wildman–Crippen MR) is 48.6 cm³/mol. The Hall–Kier alpha value is -1.42. The molecule has 0 aliphatic heterocycles. The molecule has 1 aromatic carbocycles. The van der Waals surface area contributed by atoms with Crippen molar-refractivity contribution in [3.8, 4) is 10.8 Å². The first-order valence-corrected chi connectivity index (χ1v) is 4.54. The fraction of sp³-hybridized carbons (Fsp3) is 0. The van der Waals surface area contributed by atoms with Crippen molar-refractivity contribution in [3.63, 3.8) is 0 Å². The maximum Gasteiger partial charge on any atom is 0.200 e. The van der Waals surface area contributed by atoms with Gasteiger partial charge in [0.05, 0.1) is 11.7 Å². The van der Waals surface area contributed by atoms with Crippen molar-refractivity contribution in [1.82, 2.24) is 4.98 Å². The third kappa shape index (κ3) is 2.03. The van der Waals surface area contributed by atoms with Crippen LogP contribution in [0.3, 0.4) is 0 Å². The summed E-state index contributed by atoms with van der Waals surface area (Å²) < 4.78 is 18.0. The third-order valence-electron chi connectivity index (χ3n) is 1.42. The van der Waals surface area contributed by atoms with Gasteiger partial charge in [-0.25, -0.2) is 9.37 Å². The van der Waals surface area contributed by atoms with E-state index in [1.807, 2.05) is 0 Å². The lowest BCUT2D eigenvalue weighted by Crippen LogP contribution is -1.81. The maximum atomic E-state index is 12.7. The van der Waals surface area contributed by atoms with E-state index in [1.54, 1.807) is 23.8 Å². The van der Waals surface area contributed by atoms with Crippen LogP contribution in [0.1, 0.15) is 0 Å². The van der Waals surface area contributed by atoms with E-state index in [2.05, 4.69) is 4.98 Å². The molecule has 1 aromatic heterocycles. The summed E-state index contributed by atoms with van der Waals surface area (Å²) in [4.78, 5) is 3.84. The van der Waals surface area contributed by atoms with Crippen molar-refractivity contribution in [1.29, 1.82) is 0 Å². The van der Waals surface area contributed by atoms with Crippen molar-refractivity contribution in [2.75, 3.05) is 0 Å². The molecule has 0 N–H and O–H groups in total. The van der Waals surface area contributed by atoms with Gasteiger partial charge in [0.2, 0.25) is 5.06 Å². The molecule has 0 fully saturated rings. The van der Waals surface area contributed by atoms with Crippen molar-refractivity contribution < 1.29 is 9.13 Å². The van der Waals surface area contributed by atoms with Crippen molar-refractivity contribution >= 4 is 11.3 Å². The van der Waals surface area contributed by atoms with Crippen LogP contribution in [0.4, 0.5) is 4.39 Å². The van der Waals surface area contributed by atoms with Crippen LogP contribution in [-0.4, -0.2) is 4.98 Å². The van der Waals surface area contributed by atoms with Gasteiger partial charge in [0.15, 0.2) is 0 Å². The number of hydrogen-bond donors (Lipinski definition) is 0. The minimum Gasteiger partial charge on any atom is -0.445 e. The molecule has 1 heterocycles. The van der Waals surface area contributed by atoms with Gasteiger partial charge in [0.25, 0.3) is 0 Å². The minimum atomic E-state index is -0.304. The fourth-order valence-corrected chi connectivity index (χ4v) is 1.39. The second-order valence-electron chi connectivity index (χ2n) is 2.38. The summed E-state index contributed by atoms with van der Waals surface area (Å²) in [6.45, 7) is 0. The summed E-state index contributed by atoms with van der Waals surface area (Å²) in [7, 11) is 0. The molecule has 0 saturated carbocycles. The SMILES string of the molecule is Fc1cccc(Oc2cncs2)c1. The van der Waals surface area contributed by atoms with E-state index in [0.29, 0.717) is 10.8 Å². The lowest BCUT2D eigenvalue weighted by atomic mass is 10.3. The van der Waals surface area contributed by atoms with Gasteiger partial charge in [0, 0.05) is 6.07 Å². The van der Waals surface area contributed by atoms with E-state index in [-0.39, 0.29) is 5.82 Å². The Morgan fingerprint density at radius 2 is 2.31 bits per heavy atom. The number of ether oxygens (including phenoxy) is 1. The Balaban J connectivity index is 2.19. The Morgan fingerprint density at radius 1 is 1.38 bits per heavy atom. The highest BCUT2D eigenvalue weighted by atomic mass is 32.1. The van der Waals surface area contributed by atoms with Crippen LogP contribution in [0.2, 0.25) is 0 Å². The number of rotatable bonds is 2. The molecule has 2 nitrogen and oxygen atoms in total. The fourth-order valence-electron chi connectivity index (χ4n) is 0.901. The maximum absolute atomic E-state index is 12.7. The Morgan fingerprint density at radius 3 is 3.00 bits per heavy atom. The molecule has 0 saturated heterocycles. The van der Waals surface area contributed by atoms with Crippen LogP contribution >= 0.6 is 11.3 Å². The van der Waals surface area contributed by atoms with Crippen LogP contribution in [0, 0.1) is 5.82 Å². The molecule has 0 aliphatic rings. The average Bonchev–Trinajstić information content (AvgIpc) is 2.57. The molecule has 0 spiro atoms. The molecule has 13 heavy (non-hydrogen) atoms. The topological polar surface area (TPSA) is 22.1 Å².